The lowest BCUT2D eigenvalue weighted by Gasteiger charge is -2.32. The van der Waals surface area contributed by atoms with Crippen LogP contribution >= 0.6 is 35.0 Å². The third kappa shape index (κ3) is 7.39. The molecule has 2 atom stereocenters. The molecule has 0 unspecified atom stereocenters. The van der Waals surface area contributed by atoms with E-state index in [1.165, 1.54) is 22.7 Å². The highest BCUT2D eigenvalue weighted by Crippen LogP contribution is 2.27. The monoisotopic (exact) mass is 498 g/mol. The molecule has 174 valence electrons. The second-order valence-electron chi connectivity index (χ2n) is 7.55. The molecule has 4 nitrogen and oxygen atoms in total. The highest BCUT2D eigenvalue weighted by Gasteiger charge is 2.30. The van der Waals surface area contributed by atoms with Crippen LogP contribution in [0.1, 0.15) is 44.7 Å². The average molecular weight is 499 g/mol. The van der Waals surface area contributed by atoms with E-state index >= 15 is 0 Å². The van der Waals surface area contributed by atoms with Crippen molar-refractivity contribution in [2.75, 3.05) is 5.75 Å². The molecule has 0 fully saturated rings. The minimum absolute atomic E-state index is 0.00664. The predicted octanol–water partition coefficient (Wildman–Crippen LogP) is 6.09. The molecule has 0 aromatic heterocycles. The zero-order chi connectivity index (χ0) is 23.7. The summed E-state index contributed by atoms with van der Waals surface area (Å²) in [4.78, 5) is 27.7. The van der Waals surface area contributed by atoms with Crippen molar-refractivity contribution in [3.05, 3.63) is 69.5 Å². The fraction of sp³-hybridized carbons (Fsp3) is 0.417. The van der Waals surface area contributed by atoms with Crippen molar-refractivity contribution < 1.29 is 14.0 Å². The molecule has 0 aliphatic carbocycles. The van der Waals surface area contributed by atoms with E-state index in [0.717, 1.165) is 6.42 Å². The Kier molecular flexibility index (Phi) is 10.8. The number of halogens is 3. The van der Waals surface area contributed by atoms with Gasteiger partial charge in [-0.3, -0.25) is 9.59 Å². The zero-order valence-electron chi connectivity index (χ0n) is 18.5. The number of nitrogens with zero attached hydrogens (tertiary/aromatic N) is 1. The summed E-state index contributed by atoms with van der Waals surface area (Å²) < 4.78 is 13.9. The number of carbonyl (C=O) groups is 2. The first-order valence-electron chi connectivity index (χ1n) is 10.6. The smallest absolute Gasteiger partial charge is 0.243 e. The maximum Gasteiger partial charge on any atom is 0.243 e. The van der Waals surface area contributed by atoms with E-state index in [4.69, 9.17) is 23.2 Å². The molecule has 8 heteroatoms. The normalized spacial score (nSPS) is 12.8. The van der Waals surface area contributed by atoms with Gasteiger partial charge in [0.05, 0.1) is 5.75 Å². The molecule has 0 bridgehead atoms. The van der Waals surface area contributed by atoms with Crippen LogP contribution < -0.4 is 5.32 Å². The summed E-state index contributed by atoms with van der Waals surface area (Å²) in [5.74, 6) is -0.282. The van der Waals surface area contributed by atoms with Gasteiger partial charge in [0.15, 0.2) is 0 Å². The van der Waals surface area contributed by atoms with Crippen molar-refractivity contribution in [2.45, 2.75) is 58.0 Å². The van der Waals surface area contributed by atoms with Gasteiger partial charge in [-0.25, -0.2) is 4.39 Å². The average Bonchev–Trinajstić information content (AvgIpc) is 2.76. The maximum atomic E-state index is 13.9. The fourth-order valence-corrected chi connectivity index (χ4v) is 4.57. The fourth-order valence-electron chi connectivity index (χ4n) is 3.16. The molecule has 2 rings (SSSR count). The Balaban J connectivity index is 2.22. The number of benzene rings is 2. The van der Waals surface area contributed by atoms with Crippen molar-refractivity contribution >= 4 is 46.8 Å². The van der Waals surface area contributed by atoms with Crippen LogP contribution in [0.4, 0.5) is 4.39 Å². The van der Waals surface area contributed by atoms with Crippen molar-refractivity contribution in [3.8, 4) is 0 Å². The van der Waals surface area contributed by atoms with Gasteiger partial charge in [0.25, 0.3) is 0 Å². The van der Waals surface area contributed by atoms with Crippen LogP contribution in [-0.2, 0) is 21.9 Å². The Morgan fingerprint density at radius 1 is 1.06 bits per heavy atom. The number of carbonyl (C=O) groups excluding carboxylic acids is 2. The molecule has 2 amide bonds. The third-order valence-corrected chi connectivity index (χ3v) is 6.89. The predicted molar refractivity (Wildman–Crippen MR) is 132 cm³/mol. The molecule has 32 heavy (non-hydrogen) atoms. The summed E-state index contributed by atoms with van der Waals surface area (Å²) in [5.41, 5.74) is 1.13. The summed E-state index contributed by atoms with van der Waals surface area (Å²) in [7, 11) is 0. The molecule has 2 aromatic carbocycles. The standard InChI is InChI=1S/C24H29Cl2FN2O2S/c1-4-16(3)28-24(31)22(5-2)29(13-18-19(25)10-8-11-20(18)26)23(30)15-32-14-17-9-6-7-12-21(17)27/h6-12,16,22H,4-5,13-15H2,1-3H3,(H,28,31)/t16-,22+/m0/s1. The van der Waals surface area contributed by atoms with Crippen LogP contribution in [0, 0.1) is 5.82 Å². The van der Waals surface area contributed by atoms with Crippen LogP contribution in [0.25, 0.3) is 0 Å². The highest BCUT2D eigenvalue weighted by atomic mass is 35.5. The van der Waals surface area contributed by atoms with Crippen LogP contribution in [0.15, 0.2) is 42.5 Å². The van der Waals surface area contributed by atoms with Crippen LogP contribution in [-0.4, -0.2) is 34.6 Å². The Morgan fingerprint density at radius 2 is 1.72 bits per heavy atom. The summed E-state index contributed by atoms with van der Waals surface area (Å²) in [6.45, 7) is 5.88. The van der Waals surface area contributed by atoms with Gasteiger partial charge in [-0.2, -0.15) is 0 Å². The largest absolute Gasteiger partial charge is 0.352 e. The van der Waals surface area contributed by atoms with E-state index in [9.17, 15) is 14.0 Å². The van der Waals surface area contributed by atoms with Gasteiger partial charge in [-0.15, -0.1) is 11.8 Å². The van der Waals surface area contributed by atoms with E-state index < -0.39 is 6.04 Å². The van der Waals surface area contributed by atoms with Gasteiger partial charge in [0.1, 0.15) is 11.9 Å². The number of hydrogen-bond donors (Lipinski definition) is 1. The van der Waals surface area contributed by atoms with E-state index in [-0.39, 0.29) is 36.0 Å². The Hall–Kier alpha value is -1.76. The van der Waals surface area contributed by atoms with E-state index in [2.05, 4.69) is 5.32 Å². The number of amides is 2. The van der Waals surface area contributed by atoms with Gasteiger partial charge in [0, 0.05) is 33.9 Å². The minimum Gasteiger partial charge on any atom is -0.352 e. The van der Waals surface area contributed by atoms with Crippen LogP contribution in [0.3, 0.4) is 0 Å². The summed E-state index contributed by atoms with van der Waals surface area (Å²) in [6, 6.07) is 11.0. The lowest BCUT2D eigenvalue weighted by atomic mass is 10.1. The van der Waals surface area contributed by atoms with Gasteiger partial charge < -0.3 is 10.2 Å². The van der Waals surface area contributed by atoms with Gasteiger partial charge >= 0.3 is 0 Å². The molecule has 0 saturated heterocycles. The summed E-state index contributed by atoms with van der Waals surface area (Å²) in [6.07, 6.45) is 1.22. The topological polar surface area (TPSA) is 49.4 Å². The highest BCUT2D eigenvalue weighted by molar-refractivity contribution is 7.99. The second-order valence-corrected chi connectivity index (χ2v) is 9.35. The molecule has 0 aliphatic rings. The van der Waals surface area contributed by atoms with Crippen LogP contribution in [0.5, 0.6) is 0 Å². The number of nitrogens with one attached hydrogen (secondary N) is 1. The molecule has 0 radical (unpaired) electrons. The Morgan fingerprint density at radius 3 is 2.31 bits per heavy atom. The van der Waals surface area contributed by atoms with Gasteiger partial charge in [-0.1, -0.05) is 61.3 Å². The number of thioether (sulfide) groups is 1. The number of rotatable bonds is 11. The van der Waals surface area contributed by atoms with Crippen molar-refractivity contribution in [3.63, 3.8) is 0 Å². The van der Waals surface area contributed by atoms with Gasteiger partial charge in [0.2, 0.25) is 11.8 Å². The zero-order valence-corrected chi connectivity index (χ0v) is 20.9. The lowest BCUT2D eigenvalue weighted by molar-refractivity contribution is -0.139. The summed E-state index contributed by atoms with van der Waals surface area (Å²) >= 11 is 14.0. The van der Waals surface area contributed by atoms with E-state index in [1.807, 2.05) is 20.8 Å². The summed E-state index contributed by atoms with van der Waals surface area (Å²) in [5, 5.41) is 3.84. The quantitative estimate of drug-likeness (QED) is 0.407. The third-order valence-electron chi connectivity index (χ3n) is 5.22. The lowest BCUT2D eigenvalue weighted by Crippen LogP contribution is -2.51. The molecule has 1 N–H and O–H groups in total. The Bertz CT molecular complexity index is 908. The first kappa shape index (κ1) is 26.5. The molecule has 0 heterocycles. The molecule has 0 aliphatic heterocycles. The van der Waals surface area contributed by atoms with Crippen molar-refractivity contribution in [2.24, 2.45) is 0 Å². The van der Waals surface area contributed by atoms with Gasteiger partial charge in [-0.05, 0) is 43.5 Å². The Labute approximate surface area is 203 Å². The van der Waals surface area contributed by atoms with Crippen molar-refractivity contribution in [1.82, 2.24) is 10.2 Å². The minimum atomic E-state index is -0.669. The van der Waals surface area contributed by atoms with Crippen molar-refractivity contribution in [1.29, 1.82) is 0 Å². The maximum absolute atomic E-state index is 13.9. The second kappa shape index (κ2) is 13.1. The van der Waals surface area contributed by atoms with E-state index in [0.29, 0.717) is 33.3 Å². The molecular weight excluding hydrogens is 470 g/mol. The van der Waals surface area contributed by atoms with Crippen LogP contribution in [0.2, 0.25) is 10.0 Å². The molecule has 0 spiro atoms. The molecule has 0 saturated carbocycles. The first-order valence-corrected chi connectivity index (χ1v) is 12.5. The number of hydrogen-bond acceptors (Lipinski definition) is 3. The SMILES string of the molecule is CC[C@H](C(=O)N[C@@H](C)CC)N(Cc1c(Cl)cccc1Cl)C(=O)CSCc1ccccc1F. The first-order chi connectivity index (χ1) is 15.3. The molecular formula is C24H29Cl2FN2O2S. The molecule has 2 aromatic rings. The van der Waals surface area contributed by atoms with E-state index in [1.54, 1.807) is 36.4 Å².